The molecule has 0 N–H and O–H groups in total. The summed E-state index contributed by atoms with van der Waals surface area (Å²) in [6, 6.07) is 6.48. The molecule has 9 heteroatoms. The summed E-state index contributed by atoms with van der Waals surface area (Å²) in [6.07, 6.45) is 3.70. The lowest BCUT2D eigenvalue weighted by molar-refractivity contribution is 0.447. The minimum Gasteiger partial charge on any atom is -0.422 e. The first-order valence-electron chi connectivity index (χ1n) is 9.49. The Morgan fingerprint density at radius 3 is 2.61 bits per heavy atom. The van der Waals surface area contributed by atoms with E-state index in [2.05, 4.69) is 25.1 Å². The fourth-order valence-electron chi connectivity index (χ4n) is 3.80. The molecule has 1 aliphatic heterocycles. The molecule has 4 aromatic heterocycles. The number of rotatable bonds is 3. The molecule has 28 heavy (non-hydrogen) atoms. The predicted octanol–water partition coefficient (Wildman–Crippen LogP) is 2.54. The van der Waals surface area contributed by atoms with Gasteiger partial charge in [-0.15, -0.1) is 5.10 Å². The minimum absolute atomic E-state index is 0.331. The zero-order chi connectivity index (χ0) is 19.3. The molecule has 0 unspecified atom stereocenters. The number of nitrogens with zero attached hydrogens (tertiary/aromatic N) is 8. The third kappa shape index (κ3) is 2.83. The van der Waals surface area contributed by atoms with Gasteiger partial charge in [-0.05, 0) is 38.8 Å². The van der Waals surface area contributed by atoms with Gasteiger partial charge in [-0.3, -0.25) is 4.68 Å². The van der Waals surface area contributed by atoms with Gasteiger partial charge in [0.25, 0.3) is 6.01 Å². The Kier molecular flexibility index (Phi) is 3.88. The molecule has 0 atom stereocenters. The van der Waals surface area contributed by atoms with Gasteiger partial charge in [0.2, 0.25) is 5.65 Å². The summed E-state index contributed by atoms with van der Waals surface area (Å²) in [5.74, 6) is 3.03. The fraction of sp³-hybridized carbons (Fsp3) is 0.421. The van der Waals surface area contributed by atoms with Crippen molar-refractivity contribution in [3.8, 4) is 5.82 Å². The van der Waals surface area contributed by atoms with Crippen molar-refractivity contribution in [3.63, 3.8) is 0 Å². The molecule has 0 aromatic carbocycles. The zero-order valence-corrected chi connectivity index (χ0v) is 16.2. The lowest BCUT2D eigenvalue weighted by atomic mass is 9.96. The molecule has 0 spiro atoms. The van der Waals surface area contributed by atoms with Crippen LogP contribution in [0.15, 0.2) is 28.8 Å². The average Bonchev–Trinajstić information content (AvgIpc) is 3.39. The van der Waals surface area contributed by atoms with Gasteiger partial charge in [0, 0.05) is 37.8 Å². The summed E-state index contributed by atoms with van der Waals surface area (Å²) in [5, 5.41) is 8.86. The Bertz CT molecular complexity index is 1130. The normalized spacial score (nSPS) is 15.6. The number of anilines is 1. The maximum absolute atomic E-state index is 5.91. The van der Waals surface area contributed by atoms with Gasteiger partial charge in [-0.2, -0.15) is 14.8 Å². The van der Waals surface area contributed by atoms with Crippen molar-refractivity contribution < 1.29 is 4.42 Å². The fourth-order valence-corrected chi connectivity index (χ4v) is 3.80. The molecule has 0 aliphatic carbocycles. The van der Waals surface area contributed by atoms with E-state index in [0.29, 0.717) is 17.6 Å². The molecule has 4 aromatic rings. The lowest BCUT2D eigenvalue weighted by Gasteiger charge is -2.30. The standard InChI is InChI=1S/C19H22N8O/c1-12-4-5-15-17(21-12)23-19(28-15)26-10-7-14(8-11-26)18-22-13(2)24-27(18)16-6-9-20-25(16)3/h4-6,9,14H,7-8,10-11H2,1-3H3. The van der Waals surface area contributed by atoms with Crippen molar-refractivity contribution in [2.75, 3.05) is 18.0 Å². The molecule has 5 rings (SSSR count). The smallest absolute Gasteiger partial charge is 0.299 e. The zero-order valence-electron chi connectivity index (χ0n) is 16.2. The molecule has 1 saturated heterocycles. The van der Waals surface area contributed by atoms with Crippen molar-refractivity contribution in [1.82, 2.24) is 34.5 Å². The second-order valence-electron chi connectivity index (χ2n) is 7.27. The van der Waals surface area contributed by atoms with Gasteiger partial charge in [0.15, 0.2) is 11.4 Å². The summed E-state index contributed by atoms with van der Waals surface area (Å²) >= 11 is 0. The van der Waals surface area contributed by atoms with Crippen LogP contribution in [0.5, 0.6) is 0 Å². The van der Waals surface area contributed by atoms with Crippen molar-refractivity contribution in [2.24, 2.45) is 7.05 Å². The van der Waals surface area contributed by atoms with Gasteiger partial charge in [-0.1, -0.05) is 0 Å². The van der Waals surface area contributed by atoms with E-state index in [-0.39, 0.29) is 0 Å². The minimum atomic E-state index is 0.331. The molecule has 9 nitrogen and oxygen atoms in total. The number of fused-ring (bicyclic) bond motifs is 1. The predicted molar refractivity (Wildman–Crippen MR) is 104 cm³/mol. The van der Waals surface area contributed by atoms with E-state index < -0.39 is 0 Å². The van der Waals surface area contributed by atoms with E-state index in [4.69, 9.17) is 9.40 Å². The van der Waals surface area contributed by atoms with Gasteiger partial charge in [0.1, 0.15) is 11.6 Å². The highest BCUT2D eigenvalue weighted by Crippen LogP contribution is 2.31. The molecular weight excluding hydrogens is 356 g/mol. The SMILES string of the molecule is Cc1ccc2oc(N3CCC(c4nc(C)nn4-c4ccnn4C)CC3)nc2n1. The Morgan fingerprint density at radius 2 is 1.86 bits per heavy atom. The highest BCUT2D eigenvalue weighted by molar-refractivity contribution is 5.70. The highest BCUT2D eigenvalue weighted by Gasteiger charge is 2.28. The van der Waals surface area contributed by atoms with Crippen LogP contribution < -0.4 is 4.90 Å². The second kappa shape index (κ2) is 6.43. The number of oxazole rings is 1. The summed E-state index contributed by atoms with van der Waals surface area (Å²) < 4.78 is 9.66. The first-order valence-corrected chi connectivity index (χ1v) is 9.49. The van der Waals surface area contributed by atoms with Crippen LogP contribution in [-0.4, -0.2) is 47.6 Å². The average molecular weight is 378 g/mol. The van der Waals surface area contributed by atoms with Gasteiger partial charge in [-0.25, -0.2) is 9.97 Å². The Morgan fingerprint density at radius 1 is 1.04 bits per heavy atom. The molecule has 0 amide bonds. The number of aromatic nitrogens is 7. The van der Waals surface area contributed by atoms with Crippen molar-refractivity contribution in [3.05, 3.63) is 41.7 Å². The third-order valence-corrected chi connectivity index (χ3v) is 5.26. The van der Waals surface area contributed by atoms with Crippen LogP contribution in [0.1, 0.15) is 36.1 Å². The first kappa shape index (κ1) is 16.9. The molecule has 0 bridgehead atoms. The van der Waals surface area contributed by atoms with Gasteiger partial charge < -0.3 is 9.32 Å². The highest BCUT2D eigenvalue weighted by atomic mass is 16.4. The van der Waals surface area contributed by atoms with Crippen LogP contribution in [0.2, 0.25) is 0 Å². The van der Waals surface area contributed by atoms with Crippen molar-refractivity contribution in [1.29, 1.82) is 0 Å². The van der Waals surface area contributed by atoms with E-state index in [1.165, 1.54) is 0 Å². The molecule has 144 valence electrons. The molecule has 1 aliphatic rings. The molecule has 5 heterocycles. The Hall–Kier alpha value is -3.23. The lowest BCUT2D eigenvalue weighted by Crippen LogP contribution is -2.34. The van der Waals surface area contributed by atoms with E-state index >= 15 is 0 Å². The molecule has 0 saturated carbocycles. The van der Waals surface area contributed by atoms with Crippen LogP contribution >= 0.6 is 0 Å². The van der Waals surface area contributed by atoms with E-state index in [1.807, 2.05) is 48.5 Å². The monoisotopic (exact) mass is 378 g/mol. The van der Waals surface area contributed by atoms with Crippen LogP contribution in [0.3, 0.4) is 0 Å². The molecule has 0 radical (unpaired) electrons. The van der Waals surface area contributed by atoms with E-state index in [1.54, 1.807) is 6.20 Å². The van der Waals surface area contributed by atoms with Gasteiger partial charge >= 0.3 is 0 Å². The van der Waals surface area contributed by atoms with Gasteiger partial charge in [0.05, 0.1) is 6.20 Å². The summed E-state index contributed by atoms with van der Waals surface area (Å²) in [6.45, 7) is 5.60. The summed E-state index contributed by atoms with van der Waals surface area (Å²) in [4.78, 5) is 15.9. The number of hydrogen-bond acceptors (Lipinski definition) is 7. The number of aryl methyl sites for hydroxylation is 3. The Balaban J connectivity index is 1.37. The van der Waals surface area contributed by atoms with Crippen LogP contribution in [0.4, 0.5) is 6.01 Å². The number of pyridine rings is 1. The largest absolute Gasteiger partial charge is 0.422 e. The van der Waals surface area contributed by atoms with Crippen LogP contribution in [0.25, 0.3) is 17.0 Å². The van der Waals surface area contributed by atoms with Crippen LogP contribution in [0, 0.1) is 13.8 Å². The van der Waals surface area contributed by atoms with Crippen LogP contribution in [-0.2, 0) is 7.05 Å². The summed E-state index contributed by atoms with van der Waals surface area (Å²) in [7, 11) is 1.92. The van der Waals surface area contributed by atoms with E-state index in [0.717, 1.165) is 54.7 Å². The quantitative estimate of drug-likeness (QED) is 0.541. The molecular formula is C19H22N8O. The maximum atomic E-state index is 5.91. The maximum Gasteiger partial charge on any atom is 0.299 e. The number of piperidine rings is 1. The van der Waals surface area contributed by atoms with E-state index in [9.17, 15) is 0 Å². The first-order chi connectivity index (χ1) is 13.6. The number of hydrogen-bond donors (Lipinski definition) is 0. The summed E-state index contributed by atoms with van der Waals surface area (Å²) in [5.41, 5.74) is 2.34. The molecule has 1 fully saturated rings. The Labute approximate surface area is 162 Å². The topological polar surface area (TPSA) is 90.7 Å². The third-order valence-electron chi connectivity index (χ3n) is 5.26. The van der Waals surface area contributed by atoms with Crippen molar-refractivity contribution in [2.45, 2.75) is 32.6 Å². The van der Waals surface area contributed by atoms with Crippen molar-refractivity contribution >= 4 is 17.2 Å². The second-order valence-corrected chi connectivity index (χ2v) is 7.27.